The van der Waals surface area contributed by atoms with Crippen molar-refractivity contribution >= 4 is 5.97 Å². The van der Waals surface area contributed by atoms with Crippen molar-refractivity contribution in [3.8, 4) is 5.69 Å². The number of ether oxygens (including phenoxy) is 2. The van der Waals surface area contributed by atoms with Crippen LogP contribution in [0, 0.1) is 0 Å². The average Bonchev–Trinajstić information content (AvgIpc) is 3.10. The van der Waals surface area contributed by atoms with Crippen molar-refractivity contribution in [2.24, 2.45) is 0 Å². The van der Waals surface area contributed by atoms with Crippen molar-refractivity contribution in [3.05, 3.63) is 48.3 Å². The molecule has 122 valence electrons. The zero-order chi connectivity index (χ0) is 16.1. The van der Waals surface area contributed by atoms with Crippen molar-refractivity contribution in [2.45, 2.75) is 13.0 Å². The van der Waals surface area contributed by atoms with Gasteiger partial charge in [-0.1, -0.05) is 6.07 Å². The number of benzene rings is 1. The first kappa shape index (κ1) is 15.7. The highest BCUT2D eigenvalue weighted by molar-refractivity contribution is 5.90. The Bertz CT molecular complexity index is 636. The lowest BCUT2D eigenvalue weighted by atomic mass is 10.2. The molecule has 0 N–H and O–H groups in total. The number of esters is 1. The highest BCUT2D eigenvalue weighted by atomic mass is 16.5. The van der Waals surface area contributed by atoms with E-state index in [0.717, 1.165) is 38.5 Å². The predicted octanol–water partition coefficient (Wildman–Crippen LogP) is 1.75. The molecule has 1 saturated heterocycles. The van der Waals surface area contributed by atoms with Crippen LogP contribution in [0.2, 0.25) is 0 Å². The molecule has 6 nitrogen and oxygen atoms in total. The fourth-order valence-corrected chi connectivity index (χ4v) is 2.63. The van der Waals surface area contributed by atoms with Gasteiger partial charge >= 0.3 is 5.97 Å². The fraction of sp³-hybridized carbons (Fsp3) is 0.412. The van der Waals surface area contributed by atoms with E-state index in [9.17, 15) is 4.79 Å². The number of hydrogen-bond acceptors (Lipinski definition) is 5. The second-order valence-electron chi connectivity index (χ2n) is 5.63. The van der Waals surface area contributed by atoms with Crippen LogP contribution < -0.4 is 0 Å². The maximum Gasteiger partial charge on any atom is 0.338 e. The molecular formula is C17H21N3O3. The zero-order valence-electron chi connectivity index (χ0n) is 13.2. The fourth-order valence-electron chi connectivity index (χ4n) is 2.63. The van der Waals surface area contributed by atoms with E-state index < -0.39 is 0 Å². The van der Waals surface area contributed by atoms with Crippen LogP contribution in [0.3, 0.4) is 0 Å². The van der Waals surface area contributed by atoms with E-state index in [0.29, 0.717) is 5.56 Å². The van der Waals surface area contributed by atoms with Gasteiger partial charge in [-0.15, -0.1) is 0 Å². The lowest BCUT2D eigenvalue weighted by molar-refractivity contribution is 0.000445. The first-order valence-corrected chi connectivity index (χ1v) is 7.83. The highest BCUT2D eigenvalue weighted by Crippen LogP contribution is 2.12. The summed E-state index contributed by atoms with van der Waals surface area (Å²) in [6.45, 7) is 5.91. The molecule has 0 amide bonds. The number of nitrogens with zero attached hydrogens (tertiary/aromatic N) is 3. The molecule has 1 fully saturated rings. The van der Waals surface area contributed by atoms with Crippen LogP contribution in [0.15, 0.2) is 42.7 Å². The molecule has 0 unspecified atom stereocenters. The minimum Gasteiger partial charge on any atom is -0.458 e. The van der Waals surface area contributed by atoms with Crippen LogP contribution in [-0.4, -0.2) is 59.6 Å². The molecule has 0 spiro atoms. The van der Waals surface area contributed by atoms with E-state index >= 15 is 0 Å². The van der Waals surface area contributed by atoms with Gasteiger partial charge in [0.05, 0.1) is 24.5 Å². The largest absolute Gasteiger partial charge is 0.458 e. The number of carbonyl (C=O) groups is 1. The van der Waals surface area contributed by atoms with E-state index in [1.165, 1.54) is 0 Å². The Morgan fingerprint density at radius 1 is 1.35 bits per heavy atom. The second kappa shape index (κ2) is 7.39. The number of morpholine rings is 1. The predicted molar refractivity (Wildman–Crippen MR) is 85.7 cm³/mol. The topological polar surface area (TPSA) is 56.6 Å². The van der Waals surface area contributed by atoms with Crippen molar-refractivity contribution < 1.29 is 14.3 Å². The molecule has 23 heavy (non-hydrogen) atoms. The summed E-state index contributed by atoms with van der Waals surface area (Å²) in [4.78, 5) is 14.6. The zero-order valence-corrected chi connectivity index (χ0v) is 13.2. The van der Waals surface area contributed by atoms with Gasteiger partial charge in [-0.05, 0) is 31.2 Å². The standard InChI is InChI=1S/C17H21N3O3/c1-14(13-19-8-10-22-11-9-19)23-17(21)15-4-2-5-16(12-15)20-7-3-6-18-20/h2-7,12,14H,8-11,13H2,1H3/t14-/m0/s1. The minimum atomic E-state index is -0.306. The Morgan fingerprint density at radius 2 is 2.17 bits per heavy atom. The van der Waals surface area contributed by atoms with E-state index in [1.54, 1.807) is 23.0 Å². The summed E-state index contributed by atoms with van der Waals surface area (Å²) < 4.78 is 12.6. The number of aromatic nitrogens is 2. The van der Waals surface area contributed by atoms with Crippen molar-refractivity contribution in [1.29, 1.82) is 0 Å². The molecule has 1 aliphatic rings. The molecule has 2 aromatic rings. The SMILES string of the molecule is C[C@@H](CN1CCOCC1)OC(=O)c1cccc(-n2cccn2)c1. The van der Waals surface area contributed by atoms with Gasteiger partial charge in [-0.3, -0.25) is 4.90 Å². The maximum absolute atomic E-state index is 12.3. The van der Waals surface area contributed by atoms with Crippen LogP contribution in [0.4, 0.5) is 0 Å². The van der Waals surface area contributed by atoms with Crippen LogP contribution in [0.5, 0.6) is 0 Å². The van der Waals surface area contributed by atoms with Crippen LogP contribution in [0.1, 0.15) is 17.3 Å². The van der Waals surface area contributed by atoms with Gasteiger partial charge in [0, 0.05) is 32.0 Å². The first-order chi connectivity index (χ1) is 11.2. The molecule has 0 bridgehead atoms. The molecule has 2 heterocycles. The van der Waals surface area contributed by atoms with Crippen LogP contribution in [-0.2, 0) is 9.47 Å². The summed E-state index contributed by atoms with van der Waals surface area (Å²) in [6, 6.07) is 9.13. The van der Waals surface area contributed by atoms with Gasteiger partial charge in [0.2, 0.25) is 0 Å². The summed E-state index contributed by atoms with van der Waals surface area (Å²) >= 11 is 0. The Kier molecular flexibility index (Phi) is 5.05. The van der Waals surface area contributed by atoms with Crippen LogP contribution in [0.25, 0.3) is 5.69 Å². The lowest BCUT2D eigenvalue weighted by Crippen LogP contribution is -2.41. The smallest absolute Gasteiger partial charge is 0.338 e. The van der Waals surface area contributed by atoms with Crippen LogP contribution >= 0.6 is 0 Å². The molecule has 1 aromatic carbocycles. The van der Waals surface area contributed by atoms with E-state index in [1.807, 2.05) is 31.3 Å². The molecule has 1 aliphatic heterocycles. The molecule has 3 rings (SSSR count). The van der Waals surface area contributed by atoms with Gasteiger partial charge in [-0.2, -0.15) is 5.10 Å². The van der Waals surface area contributed by atoms with Crippen molar-refractivity contribution in [3.63, 3.8) is 0 Å². The number of hydrogen-bond donors (Lipinski definition) is 0. The van der Waals surface area contributed by atoms with Crippen molar-refractivity contribution in [2.75, 3.05) is 32.8 Å². The van der Waals surface area contributed by atoms with Gasteiger partial charge in [0.25, 0.3) is 0 Å². The third-order valence-electron chi connectivity index (χ3n) is 3.78. The lowest BCUT2D eigenvalue weighted by Gasteiger charge is -2.28. The summed E-state index contributed by atoms with van der Waals surface area (Å²) in [6.07, 6.45) is 3.38. The second-order valence-corrected chi connectivity index (χ2v) is 5.63. The van der Waals surface area contributed by atoms with Crippen molar-refractivity contribution in [1.82, 2.24) is 14.7 Å². The maximum atomic E-state index is 12.3. The molecule has 0 radical (unpaired) electrons. The monoisotopic (exact) mass is 315 g/mol. The summed E-state index contributed by atoms with van der Waals surface area (Å²) in [5.41, 5.74) is 1.37. The molecule has 1 aromatic heterocycles. The molecule has 1 atom stereocenters. The van der Waals surface area contributed by atoms with E-state index in [2.05, 4.69) is 10.00 Å². The van der Waals surface area contributed by atoms with Gasteiger partial charge in [0.1, 0.15) is 6.10 Å². The Hall–Kier alpha value is -2.18. The summed E-state index contributed by atoms with van der Waals surface area (Å²) in [7, 11) is 0. The van der Waals surface area contributed by atoms with Gasteiger partial charge < -0.3 is 9.47 Å². The molecule has 0 saturated carbocycles. The van der Waals surface area contributed by atoms with E-state index in [-0.39, 0.29) is 12.1 Å². The molecule has 0 aliphatic carbocycles. The minimum absolute atomic E-state index is 0.158. The summed E-state index contributed by atoms with van der Waals surface area (Å²) in [5, 5.41) is 4.17. The Morgan fingerprint density at radius 3 is 2.91 bits per heavy atom. The van der Waals surface area contributed by atoms with E-state index in [4.69, 9.17) is 9.47 Å². The molecule has 6 heteroatoms. The molecular weight excluding hydrogens is 294 g/mol. The Balaban J connectivity index is 1.60. The Labute approximate surface area is 135 Å². The highest BCUT2D eigenvalue weighted by Gasteiger charge is 2.17. The quantitative estimate of drug-likeness (QED) is 0.787. The average molecular weight is 315 g/mol. The number of carbonyl (C=O) groups excluding carboxylic acids is 1. The van der Waals surface area contributed by atoms with Gasteiger partial charge in [0.15, 0.2) is 0 Å². The number of rotatable bonds is 5. The third kappa shape index (κ3) is 4.18. The summed E-state index contributed by atoms with van der Waals surface area (Å²) in [5.74, 6) is -0.306. The third-order valence-corrected chi connectivity index (χ3v) is 3.78. The normalized spacial score (nSPS) is 16.9. The first-order valence-electron chi connectivity index (χ1n) is 7.83. The van der Waals surface area contributed by atoms with Gasteiger partial charge in [-0.25, -0.2) is 9.48 Å².